The van der Waals surface area contributed by atoms with Crippen molar-refractivity contribution in [3.63, 3.8) is 0 Å². The van der Waals surface area contributed by atoms with Crippen molar-refractivity contribution in [2.75, 3.05) is 19.0 Å². The minimum absolute atomic E-state index is 0.0423. The van der Waals surface area contributed by atoms with Crippen molar-refractivity contribution in [1.82, 2.24) is 0 Å². The summed E-state index contributed by atoms with van der Waals surface area (Å²) in [6.07, 6.45) is 0.598. The summed E-state index contributed by atoms with van der Waals surface area (Å²) in [6, 6.07) is 2.06. The number of Topliss-reactive ketones (excluding diaryl/α,β-unsaturated/α-hetero) is 2. The Balaban J connectivity index is 1.89. The van der Waals surface area contributed by atoms with Gasteiger partial charge in [-0.25, -0.2) is 0 Å². The third kappa shape index (κ3) is 2.55. The molecule has 7 N–H and O–H groups in total. The van der Waals surface area contributed by atoms with Crippen LogP contribution in [-0.2, 0) is 16.0 Å². The van der Waals surface area contributed by atoms with Crippen molar-refractivity contribution in [2.45, 2.75) is 18.9 Å². The van der Waals surface area contributed by atoms with E-state index in [1.165, 1.54) is 6.07 Å². The second-order valence-corrected chi connectivity index (χ2v) is 8.27. The SMILES string of the molecule is CN(C)c1ccc(O)c2c1CC1CC3C(N)C(O)=C(C(N)=O)C(=O)C3C(O)=C1C2=O. The number of phenolic OH excluding ortho intramolecular Hbond substituents is 1. The van der Waals surface area contributed by atoms with E-state index in [4.69, 9.17) is 11.5 Å². The fourth-order valence-electron chi connectivity index (χ4n) is 5.10. The fourth-order valence-corrected chi connectivity index (χ4v) is 5.10. The first-order chi connectivity index (χ1) is 14.1. The van der Waals surface area contributed by atoms with Gasteiger partial charge in [0.1, 0.15) is 22.8 Å². The molecular formula is C21H23N3O6. The number of carbonyl (C=O) groups excluding carboxylic acids is 3. The van der Waals surface area contributed by atoms with E-state index >= 15 is 0 Å². The average Bonchev–Trinajstić information content (AvgIpc) is 2.65. The van der Waals surface area contributed by atoms with E-state index in [9.17, 15) is 29.7 Å². The molecule has 30 heavy (non-hydrogen) atoms. The number of amides is 1. The molecule has 0 aromatic heterocycles. The Morgan fingerprint density at radius 3 is 2.40 bits per heavy atom. The van der Waals surface area contributed by atoms with E-state index in [0.29, 0.717) is 12.0 Å². The summed E-state index contributed by atoms with van der Waals surface area (Å²) in [5, 5.41) is 31.6. The van der Waals surface area contributed by atoms with Crippen LogP contribution in [0.5, 0.6) is 5.75 Å². The standard InChI is InChI=1S/C21H23N3O6/c1-24(2)10-3-4-11(25)13-8(10)5-7-6-9-14(18(27)12(7)17(13)26)19(28)15(21(23)30)20(29)16(9)22/h3-4,7,9,14,16,25,27,29H,5-6,22H2,1-2H3,(H2,23,30). The number of hydrogen-bond donors (Lipinski definition) is 5. The lowest BCUT2D eigenvalue weighted by Crippen LogP contribution is -2.52. The number of benzene rings is 1. The summed E-state index contributed by atoms with van der Waals surface area (Å²) in [6.45, 7) is 0. The summed E-state index contributed by atoms with van der Waals surface area (Å²) in [5.74, 6) is -6.18. The van der Waals surface area contributed by atoms with E-state index in [-0.39, 0.29) is 23.3 Å². The number of primary amides is 1. The van der Waals surface area contributed by atoms with Crippen LogP contribution in [0.15, 0.2) is 34.8 Å². The summed E-state index contributed by atoms with van der Waals surface area (Å²) in [4.78, 5) is 39.7. The van der Waals surface area contributed by atoms with Gasteiger partial charge in [-0.2, -0.15) is 0 Å². The normalized spacial score (nSPS) is 28.1. The quantitative estimate of drug-likeness (QED) is 0.436. The Bertz CT molecular complexity index is 1070. The van der Waals surface area contributed by atoms with Gasteiger partial charge in [-0.15, -0.1) is 0 Å². The molecule has 0 heterocycles. The summed E-state index contributed by atoms with van der Waals surface area (Å²) in [7, 11) is 3.64. The molecule has 1 aromatic carbocycles. The molecule has 4 unspecified atom stereocenters. The highest BCUT2D eigenvalue weighted by Crippen LogP contribution is 2.50. The zero-order valence-corrected chi connectivity index (χ0v) is 16.5. The molecule has 9 heteroatoms. The Kier molecular flexibility index (Phi) is 4.39. The van der Waals surface area contributed by atoms with Crippen molar-refractivity contribution < 1.29 is 29.7 Å². The number of aliphatic hydroxyl groups excluding tert-OH is 2. The van der Waals surface area contributed by atoms with Crippen LogP contribution in [0.1, 0.15) is 22.3 Å². The molecule has 1 aromatic rings. The monoisotopic (exact) mass is 413 g/mol. The summed E-state index contributed by atoms with van der Waals surface area (Å²) >= 11 is 0. The zero-order valence-electron chi connectivity index (χ0n) is 16.5. The van der Waals surface area contributed by atoms with Gasteiger partial charge in [0.2, 0.25) is 0 Å². The fraction of sp³-hybridized carbons (Fsp3) is 0.381. The van der Waals surface area contributed by atoms with Crippen LogP contribution in [0.25, 0.3) is 0 Å². The first kappa shape index (κ1) is 20.0. The molecule has 3 aliphatic carbocycles. The number of nitrogens with zero attached hydrogens (tertiary/aromatic N) is 1. The number of allylic oxidation sites excluding steroid dienone is 2. The summed E-state index contributed by atoms with van der Waals surface area (Å²) < 4.78 is 0. The molecule has 4 rings (SSSR count). The maximum Gasteiger partial charge on any atom is 0.255 e. The predicted molar refractivity (Wildman–Crippen MR) is 107 cm³/mol. The van der Waals surface area contributed by atoms with E-state index in [0.717, 1.165) is 5.69 Å². The van der Waals surface area contributed by atoms with Gasteiger partial charge >= 0.3 is 0 Å². The number of anilines is 1. The Morgan fingerprint density at radius 1 is 1.13 bits per heavy atom. The number of fused-ring (bicyclic) bond motifs is 3. The first-order valence-corrected chi connectivity index (χ1v) is 9.58. The van der Waals surface area contributed by atoms with Gasteiger partial charge in [-0.3, -0.25) is 14.4 Å². The van der Waals surface area contributed by atoms with Crippen molar-refractivity contribution in [3.05, 3.63) is 45.9 Å². The molecule has 4 atom stereocenters. The third-order valence-corrected chi connectivity index (χ3v) is 6.44. The number of aliphatic hydroxyl groups is 2. The number of ketones is 2. The second-order valence-electron chi connectivity index (χ2n) is 8.27. The van der Waals surface area contributed by atoms with Crippen molar-refractivity contribution in [3.8, 4) is 5.75 Å². The van der Waals surface area contributed by atoms with Gasteiger partial charge < -0.3 is 31.7 Å². The highest BCUT2D eigenvalue weighted by molar-refractivity contribution is 6.22. The van der Waals surface area contributed by atoms with Gasteiger partial charge in [-0.05, 0) is 42.4 Å². The van der Waals surface area contributed by atoms with Gasteiger partial charge in [0, 0.05) is 25.4 Å². The molecule has 0 spiro atoms. The van der Waals surface area contributed by atoms with Crippen LogP contribution < -0.4 is 16.4 Å². The van der Waals surface area contributed by atoms with Crippen LogP contribution in [0.3, 0.4) is 0 Å². The summed E-state index contributed by atoms with van der Waals surface area (Å²) in [5.41, 5.74) is 12.2. The minimum Gasteiger partial charge on any atom is -0.511 e. The number of aromatic hydroxyl groups is 1. The molecule has 1 amide bonds. The lowest BCUT2D eigenvalue weighted by molar-refractivity contribution is -0.126. The van der Waals surface area contributed by atoms with Crippen molar-refractivity contribution >= 4 is 23.2 Å². The maximum absolute atomic E-state index is 13.3. The molecule has 0 radical (unpaired) electrons. The van der Waals surface area contributed by atoms with Crippen molar-refractivity contribution in [2.24, 2.45) is 29.2 Å². The van der Waals surface area contributed by atoms with E-state index < -0.39 is 58.4 Å². The third-order valence-electron chi connectivity index (χ3n) is 6.44. The topological polar surface area (TPSA) is 167 Å². The van der Waals surface area contributed by atoms with Gasteiger partial charge in [0.15, 0.2) is 11.6 Å². The number of rotatable bonds is 2. The molecule has 0 saturated carbocycles. The van der Waals surface area contributed by atoms with Gasteiger partial charge in [0.05, 0.1) is 17.5 Å². The molecule has 0 saturated heterocycles. The average molecular weight is 413 g/mol. The molecular weight excluding hydrogens is 390 g/mol. The van der Waals surface area contributed by atoms with E-state index in [2.05, 4.69) is 0 Å². The number of nitrogens with two attached hydrogens (primary N) is 2. The van der Waals surface area contributed by atoms with Crippen LogP contribution in [0.4, 0.5) is 5.69 Å². The van der Waals surface area contributed by atoms with Crippen LogP contribution in [0.2, 0.25) is 0 Å². The predicted octanol–water partition coefficient (Wildman–Crippen LogP) is 0.469. The Hall–Kier alpha value is -3.33. The largest absolute Gasteiger partial charge is 0.511 e. The highest BCUT2D eigenvalue weighted by Gasteiger charge is 2.53. The number of hydrogen-bond acceptors (Lipinski definition) is 8. The lowest BCUT2D eigenvalue weighted by atomic mass is 9.61. The molecule has 9 nitrogen and oxygen atoms in total. The zero-order chi connectivity index (χ0) is 22.1. The van der Waals surface area contributed by atoms with Crippen LogP contribution in [0, 0.1) is 17.8 Å². The lowest BCUT2D eigenvalue weighted by Gasteiger charge is -2.43. The second kappa shape index (κ2) is 6.60. The molecule has 3 aliphatic rings. The number of carbonyl (C=O) groups is 3. The molecule has 0 bridgehead atoms. The Morgan fingerprint density at radius 2 is 1.80 bits per heavy atom. The first-order valence-electron chi connectivity index (χ1n) is 9.58. The van der Waals surface area contributed by atoms with Gasteiger partial charge in [0.25, 0.3) is 5.91 Å². The highest BCUT2D eigenvalue weighted by atomic mass is 16.3. The molecule has 0 fully saturated rings. The van der Waals surface area contributed by atoms with Gasteiger partial charge in [-0.1, -0.05) is 0 Å². The van der Waals surface area contributed by atoms with Crippen molar-refractivity contribution in [1.29, 1.82) is 0 Å². The maximum atomic E-state index is 13.3. The Labute approximate surface area is 172 Å². The molecule has 158 valence electrons. The smallest absolute Gasteiger partial charge is 0.255 e. The minimum atomic E-state index is -1.24. The number of phenols is 1. The molecule has 0 aliphatic heterocycles. The van der Waals surface area contributed by atoms with E-state index in [1.54, 1.807) is 6.07 Å². The van der Waals surface area contributed by atoms with Crippen LogP contribution in [-0.4, -0.2) is 52.9 Å². The van der Waals surface area contributed by atoms with E-state index in [1.807, 2.05) is 19.0 Å². The van der Waals surface area contributed by atoms with Crippen LogP contribution >= 0.6 is 0 Å².